The second-order valence-corrected chi connectivity index (χ2v) is 12.1. The maximum absolute atomic E-state index is 13.4. The largest absolute Gasteiger partial charge is 0.444 e. The van der Waals surface area contributed by atoms with Gasteiger partial charge in [-0.15, -0.1) is 0 Å². The molecule has 0 bridgehead atoms. The summed E-state index contributed by atoms with van der Waals surface area (Å²) < 4.78 is 34.0. The zero-order chi connectivity index (χ0) is 24.8. The molecular formula is C23H28BrN5O4S. The van der Waals surface area contributed by atoms with Crippen LogP contribution in [0.3, 0.4) is 0 Å². The van der Waals surface area contributed by atoms with E-state index in [0.29, 0.717) is 41.0 Å². The number of ether oxygens (including phenoxy) is 1. The lowest BCUT2D eigenvalue weighted by atomic mass is 10.1. The molecule has 1 saturated heterocycles. The number of piperazine rings is 1. The van der Waals surface area contributed by atoms with Gasteiger partial charge in [0, 0.05) is 36.3 Å². The molecule has 0 aliphatic carbocycles. The molecule has 1 unspecified atom stereocenters. The summed E-state index contributed by atoms with van der Waals surface area (Å²) in [5.74, 6) is 0.617. The number of benzene rings is 1. The highest BCUT2D eigenvalue weighted by Crippen LogP contribution is 2.35. The highest BCUT2D eigenvalue weighted by Gasteiger charge is 2.33. The molecule has 11 heteroatoms. The van der Waals surface area contributed by atoms with Crippen LogP contribution in [0.1, 0.15) is 33.3 Å². The Morgan fingerprint density at radius 1 is 1.15 bits per heavy atom. The van der Waals surface area contributed by atoms with Gasteiger partial charge in [0.15, 0.2) is 5.65 Å². The van der Waals surface area contributed by atoms with Crippen LogP contribution in [0.2, 0.25) is 0 Å². The SMILES string of the molecule is Cc1ccc(S(=O)(=O)n2cc(Br)c3c(N4CCN(C(=O)OC(C)(C)C)CC4C)ncnc32)cc1. The van der Waals surface area contributed by atoms with Crippen molar-refractivity contribution >= 4 is 48.9 Å². The minimum absolute atomic E-state index is 0.0664. The van der Waals surface area contributed by atoms with E-state index in [-0.39, 0.29) is 17.0 Å². The summed E-state index contributed by atoms with van der Waals surface area (Å²) >= 11 is 3.52. The highest BCUT2D eigenvalue weighted by molar-refractivity contribution is 9.10. The van der Waals surface area contributed by atoms with Crippen LogP contribution in [0.5, 0.6) is 0 Å². The maximum Gasteiger partial charge on any atom is 0.410 e. The van der Waals surface area contributed by atoms with Crippen molar-refractivity contribution < 1.29 is 17.9 Å². The fourth-order valence-corrected chi connectivity index (χ4v) is 5.98. The Labute approximate surface area is 207 Å². The first-order chi connectivity index (χ1) is 15.9. The van der Waals surface area contributed by atoms with E-state index in [1.807, 2.05) is 34.6 Å². The predicted molar refractivity (Wildman–Crippen MR) is 134 cm³/mol. The molecule has 1 aromatic carbocycles. The Kier molecular flexibility index (Phi) is 6.36. The van der Waals surface area contributed by atoms with Gasteiger partial charge in [-0.3, -0.25) is 0 Å². The molecule has 3 aromatic rings. The van der Waals surface area contributed by atoms with Gasteiger partial charge in [-0.2, -0.15) is 0 Å². The first-order valence-corrected chi connectivity index (χ1v) is 13.2. The fraction of sp³-hybridized carbons (Fsp3) is 0.435. The molecule has 0 radical (unpaired) electrons. The quantitative estimate of drug-likeness (QED) is 0.483. The first kappa shape index (κ1) is 24.5. The summed E-state index contributed by atoms with van der Waals surface area (Å²) in [5, 5.41) is 0.607. The van der Waals surface area contributed by atoms with Crippen molar-refractivity contribution in [3.8, 4) is 0 Å². The minimum Gasteiger partial charge on any atom is -0.444 e. The fourth-order valence-electron chi connectivity index (χ4n) is 3.97. The van der Waals surface area contributed by atoms with Crippen LogP contribution in [0, 0.1) is 6.92 Å². The van der Waals surface area contributed by atoms with Gasteiger partial charge in [0.05, 0.1) is 10.3 Å². The van der Waals surface area contributed by atoms with Crippen molar-refractivity contribution in [1.82, 2.24) is 18.8 Å². The number of anilines is 1. The van der Waals surface area contributed by atoms with E-state index in [0.717, 1.165) is 5.56 Å². The van der Waals surface area contributed by atoms with E-state index in [4.69, 9.17) is 4.74 Å². The summed E-state index contributed by atoms with van der Waals surface area (Å²) in [4.78, 5) is 25.3. The lowest BCUT2D eigenvalue weighted by Gasteiger charge is -2.41. The van der Waals surface area contributed by atoms with E-state index >= 15 is 0 Å². The second-order valence-electron chi connectivity index (χ2n) is 9.46. The summed E-state index contributed by atoms with van der Waals surface area (Å²) in [5.41, 5.74) is 0.702. The van der Waals surface area contributed by atoms with Crippen LogP contribution in [0.4, 0.5) is 10.6 Å². The zero-order valence-electron chi connectivity index (χ0n) is 19.8. The van der Waals surface area contributed by atoms with Crippen molar-refractivity contribution in [1.29, 1.82) is 0 Å². The van der Waals surface area contributed by atoms with Crippen LogP contribution in [0.25, 0.3) is 11.0 Å². The topological polar surface area (TPSA) is 97.6 Å². The Balaban J connectivity index is 1.68. The number of halogens is 1. The molecule has 4 rings (SSSR count). The van der Waals surface area contributed by atoms with Crippen LogP contribution in [-0.2, 0) is 14.8 Å². The molecule has 34 heavy (non-hydrogen) atoms. The molecular weight excluding hydrogens is 522 g/mol. The number of hydrogen-bond acceptors (Lipinski definition) is 7. The number of rotatable bonds is 3. The van der Waals surface area contributed by atoms with Gasteiger partial charge in [-0.05, 0) is 62.7 Å². The van der Waals surface area contributed by atoms with Crippen LogP contribution in [-0.4, -0.2) is 64.6 Å². The summed E-state index contributed by atoms with van der Waals surface area (Å²) in [6.45, 7) is 10.9. The second kappa shape index (κ2) is 8.84. The normalized spacial score (nSPS) is 17.3. The highest BCUT2D eigenvalue weighted by atomic mass is 79.9. The van der Waals surface area contributed by atoms with E-state index < -0.39 is 15.6 Å². The molecule has 3 heterocycles. The third-order valence-corrected chi connectivity index (χ3v) is 7.88. The lowest BCUT2D eigenvalue weighted by Crippen LogP contribution is -2.54. The number of carbonyl (C=O) groups is 1. The molecule has 0 spiro atoms. The standard InChI is InChI=1S/C23H28BrN5O4S/c1-15-6-8-17(9-7-15)34(31,32)29-13-18(24)19-20(25-14-26-21(19)29)28-11-10-27(12-16(28)2)22(30)33-23(3,4)5/h6-9,13-14,16H,10-12H2,1-5H3. The molecule has 1 aliphatic heterocycles. The molecule has 1 atom stereocenters. The molecule has 1 fully saturated rings. The Morgan fingerprint density at radius 3 is 2.44 bits per heavy atom. The Bertz CT molecular complexity index is 1330. The van der Waals surface area contributed by atoms with Gasteiger partial charge >= 0.3 is 6.09 Å². The van der Waals surface area contributed by atoms with E-state index in [9.17, 15) is 13.2 Å². The number of carbonyl (C=O) groups excluding carboxylic acids is 1. The van der Waals surface area contributed by atoms with Crippen molar-refractivity contribution in [3.63, 3.8) is 0 Å². The monoisotopic (exact) mass is 549 g/mol. The molecule has 0 N–H and O–H groups in total. The van der Waals surface area contributed by atoms with Gasteiger partial charge in [0.25, 0.3) is 10.0 Å². The average molecular weight is 550 g/mol. The van der Waals surface area contributed by atoms with Crippen LogP contribution in [0.15, 0.2) is 46.2 Å². The zero-order valence-corrected chi connectivity index (χ0v) is 22.2. The van der Waals surface area contributed by atoms with E-state index in [1.165, 1.54) is 16.5 Å². The van der Waals surface area contributed by atoms with Crippen molar-refractivity contribution in [3.05, 3.63) is 46.8 Å². The third-order valence-electron chi connectivity index (χ3n) is 5.61. The number of nitrogens with zero attached hydrogens (tertiary/aromatic N) is 5. The summed E-state index contributed by atoms with van der Waals surface area (Å²) in [6, 6.07) is 6.64. The molecule has 0 saturated carbocycles. The van der Waals surface area contributed by atoms with Gasteiger partial charge in [0.2, 0.25) is 0 Å². The van der Waals surface area contributed by atoms with Crippen molar-refractivity contribution in [2.45, 2.75) is 51.2 Å². The predicted octanol–water partition coefficient (Wildman–Crippen LogP) is 4.18. The molecule has 9 nitrogen and oxygen atoms in total. The minimum atomic E-state index is -3.85. The molecule has 182 valence electrons. The number of fused-ring (bicyclic) bond motifs is 1. The van der Waals surface area contributed by atoms with Crippen LogP contribution < -0.4 is 4.90 Å². The van der Waals surface area contributed by atoms with Gasteiger partial charge in [-0.25, -0.2) is 27.2 Å². The maximum atomic E-state index is 13.4. The average Bonchev–Trinajstić information content (AvgIpc) is 3.10. The summed E-state index contributed by atoms with van der Waals surface area (Å²) in [7, 11) is -3.85. The number of amides is 1. The number of aromatic nitrogens is 3. The molecule has 1 amide bonds. The Hall–Kier alpha value is -2.66. The summed E-state index contributed by atoms with van der Waals surface area (Å²) in [6.07, 6.45) is 2.54. The molecule has 1 aliphatic rings. The first-order valence-electron chi connectivity index (χ1n) is 11.0. The smallest absolute Gasteiger partial charge is 0.410 e. The third kappa shape index (κ3) is 4.63. The number of aryl methyl sites for hydroxylation is 1. The van der Waals surface area contributed by atoms with Gasteiger partial charge in [-0.1, -0.05) is 17.7 Å². The van der Waals surface area contributed by atoms with E-state index in [2.05, 4.69) is 30.8 Å². The Morgan fingerprint density at radius 2 is 1.82 bits per heavy atom. The molecule has 2 aromatic heterocycles. The van der Waals surface area contributed by atoms with Crippen LogP contribution >= 0.6 is 15.9 Å². The van der Waals surface area contributed by atoms with Gasteiger partial charge in [0.1, 0.15) is 17.7 Å². The van der Waals surface area contributed by atoms with Gasteiger partial charge < -0.3 is 14.5 Å². The lowest BCUT2D eigenvalue weighted by molar-refractivity contribution is 0.0218. The van der Waals surface area contributed by atoms with E-state index in [1.54, 1.807) is 29.2 Å². The van der Waals surface area contributed by atoms with Crippen molar-refractivity contribution in [2.24, 2.45) is 0 Å². The van der Waals surface area contributed by atoms with Crippen molar-refractivity contribution in [2.75, 3.05) is 24.5 Å². The number of hydrogen-bond donors (Lipinski definition) is 0.